The summed E-state index contributed by atoms with van der Waals surface area (Å²) < 4.78 is 5.71. The Balaban J connectivity index is 1.72. The lowest BCUT2D eigenvalue weighted by molar-refractivity contribution is 0.634. The highest BCUT2D eigenvalue weighted by Gasteiger charge is 2.04. The fourth-order valence-electron chi connectivity index (χ4n) is 2.19. The van der Waals surface area contributed by atoms with Gasteiger partial charge in [0.1, 0.15) is 11.4 Å². The smallest absolute Gasteiger partial charge is 0.199 e. The Kier molecular flexibility index (Phi) is 2.08. The Bertz CT molecular complexity index is 827. The van der Waals surface area contributed by atoms with Crippen LogP contribution in [0.5, 0.6) is 0 Å². The molecule has 4 heteroatoms. The van der Waals surface area contributed by atoms with Gasteiger partial charge in [-0.1, -0.05) is 18.2 Å². The summed E-state index contributed by atoms with van der Waals surface area (Å²) in [6.07, 6.45) is 3.71. The van der Waals surface area contributed by atoms with Gasteiger partial charge in [-0.3, -0.25) is 0 Å². The average molecular weight is 249 g/mol. The van der Waals surface area contributed by atoms with Gasteiger partial charge in [0.15, 0.2) is 5.88 Å². The van der Waals surface area contributed by atoms with E-state index < -0.39 is 0 Å². The van der Waals surface area contributed by atoms with Crippen LogP contribution in [0.4, 0.5) is 11.7 Å². The van der Waals surface area contributed by atoms with Crippen molar-refractivity contribution >= 4 is 33.6 Å². The van der Waals surface area contributed by atoms with Crippen molar-refractivity contribution in [1.29, 1.82) is 0 Å². The van der Waals surface area contributed by atoms with Crippen molar-refractivity contribution in [3.8, 4) is 0 Å². The summed E-state index contributed by atoms with van der Waals surface area (Å²) in [6.45, 7) is 0. The van der Waals surface area contributed by atoms with Crippen LogP contribution in [0.3, 0.4) is 0 Å². The van der Waals surface area contributed by atoms with Gasteiger partial charge in [-0.05, 0) is 18.2 Å². The zero-order valence-electron chi connectivity index (χ0n) is 10.1. The molecule has 0 saturated carbocycles. The summed E-state index contributed by atoms with van der Waals surface area (Å²) >= 11 is 0. The highest BCUT2D eigenvalue weighted by atomic mass is 16.3. The number of anilines is 2. The monoisotopic (exact) mass is 249 g/mol. The quantitative estimate of drug-likeness (QED) is 0.563. The lowest BCUT2D eigenvalue weighted by atomic mass is 10.3. The normalized spacial score (nSPS) is 11.2. The van der Waals surface area contributed by atoms with Gasteiger partial charge >= 0.3 is 0 Å². The third-order valence-electron chi connectivity index (χ3n) is 3.11. The number of para-hydroxylation sites is 1. The summed E-state index contributed by atoms with van der Waals surface area (Å²) in [4.78, 5) is 7.46. The standard InChI is InChI=1S/C15H11N3O/c1-2-4-13-11(3-1)8-15(19-13)18-14-7-10-5-6-16-12(10)9-17-14/h1-9,16H,(H,17,18). The zero-order chi connectivity index (χ0) is 12.7. The number of benzene rings is 1. The molecule has 3 heterocycles. The van der Waals surface area contributed by atoms with Crippen LogP contribution in [0.2, 0.25) is 0 Å². The second-order valence-electron chi connectivity index (χ2n) is 4.41. The van der Waals surface area contributed by atoms with Crippen molar-refractivity contribution in [3.63, 3.8) is 0 Å². The first-order valence-corrected chi connectivity index (χ1v) is 6.07. The second kappa shape index (κ2) is 3.88. The number of aromatic amines is 1. The van der Waals surface area contributed by atoms with Gasteiger partial charge in [0, 0.05) is 23.0 Å². The summed E-state index contributed by atoms with van der Waals surface area (Å²) in [7, 11) is 0. The maximum absolute atomic E-state index is 5.71. The number of furan rings is 1. The van der Waals surface area contributed by atoms with Gasteiger partial charge in [-0.2, -0.15) is 0 Å². The molecule has 4 aromatic rings. The number of H-pyrrole nitrogens is 1. The largest absolute Gasteiger partial charge is 0.440 e. The Morgan fingerprint density at radius 1 is 1.05 bits per heavy atom. The lowest BCUT2D eigenvalue weighted by Crippen LogP contribution is -1.90. The topological polar surface area (TPSA) is 53.9 Å². The van der Waals surface area contributed by atoms with Crippen molar-refractivity contribution in [2.45, 2.75) is 0 Å². The highest BCUT2D eigenvalue weighted by molar-refractivity contribution is 5.84. The number of hydrogen-bond donors (Lipinski definition) is 2. The number of hydrogen-bond acceptors (Lipinski definition) is 3. The molecule has 0 spiro atoms. The molecule has 0 aliphatic rings. The van der Waals surface area contributed by atoms with Crippen LogP contribution >= 0.6 is 0 Å². The first-order valence-electron chi connectivity index (χ1n) is 6.07. The van der Waals surface area contributed by atoms with E-state index in [1.54, 1.807) is 6.20 Å². The minimum Gasteiger partial charge on any atom is -0.440 e. The lowest BCUT2D eigenvalue weighted by Gasteiger charge is -2.01. The molecule has 3 aromatic heterocycles. The van der Waals surface area contributed by atoms with E-state index in [1.165, 1.54) is 0 Å². The van der Waals surface area contributed by atoms with Crippen LogP contribution < -0.4 is 5.32 Å². The minimum absolute atomic E-state index is 0.698. The molecule has 19 heavy (non-hydrogen) atoms. The number of nitrogens with zero attached hydrogens (tertiary/aromatic N) is 1. The Hall–Kier alpha value is -2.75. The Morgan fingerprint density at radius 3 is 2.95 bits per heavy atom. The predicted molar refractivity (Wildman–Crippen MR) is 75.6 cm³/mol. The molecular weight excluding hydrogens is 238 g/mol. The molecule has 0 unspecified atom stereocenters. The molecule has 4 nitrogen and oxygen atoms in total. The zero-order valence-corrected chi connectivity index (χ0v) is 10.1. The van der Waals surface area contributed by atoms with Crippen LogP contribution in [-0.2, 0) is 0 Å². The van der Waals surface area contributed by atoms with Crippen LogP contribution in [0.25, 0.3) is 21.9 Å². The van der Waals surface area contributed by atoms with Crippen molar-refractivity contribution in [2.24, 2.45) is 0 Å². The van der Waals surface area contributed by atoms with Crippen molar-refractivity contribution in [3.05, 3.63) is 54.9 Å². The fourth-order valence-corrected chi connectivity index (χ4v) is 2.19. The molecule has 0 atom stereocenters. The molecule has 0 bridgehead atoms. The second-order valence-corrected chi connectivity index (χ2v) is 4.41. The third-order valence-corrected chi connectivity index (χ3v) is 3.11. The summed E-state index contributed by atoms with van der Waals surface area (Å²) in [5, 5.41) is 5.38. The average Bonchev–Trinajstić information content (AvgIpc) is 3.03. The molecule has 0 amide bonds. The summed E-state index contributed by atoms with van der Waals surface area (Å²) in [5.41, 5.74) is 1.89. The van der Waals surface area contributed by atoms with Crippen LogP contribution in [-0.4, -0.2) is 9.97 Å². The van der Waals surface area contributed by atoms with Gasteiger partial charge in [0.05, 0.1) is 11.7 Å². The van der Waals surface area contributed by atoms with E-state index >= 15 is 0 Å². The number of pyridine rings is 1. The summed E-state index contributed by atoms with van der Waals surface area (Å²) in [5.74, 6) is 1.47. The number of rotatable bonds is 2. The van der Waals surface area contributed by atoms with E-state index in [9.17, 15) is 0 Å². The predicted octanol–water partition coefficient (Wildman–Crippen LogP) is 4.05. The van der Waals surface area contributed by atoms with Gasteiger partial charge in [-0.15, -0.1) is 0 Å². The first-order chi connectivity index (χ1) is 9.38. The molecule has 0 saturated heterocycles. The van der Waals surface area contributed by atoms with Crippen LogP contribution in [0, 0.1) is 0 Å². The minimum atomic E-state index is 0.698. The molecule has 0 fully saturated rings. The van der Waals surface area contributed by atoms with Gasteiger partial charge in [0.25, 0.3) is 0 Å². The number of nitrogens with one attached hydrogen (secondary N) is 2. The molecule has 1 aromatic carbocycles. The third kappa shape index (κ3) is 1.74. The van der Waals surface area contributed by atoms with E-state index in [0.29, 0.717) is 5.88 Å². The number of aromatic nitrogens is 2. The Labute approximate surface area is 109 Å². The van der Waals surface area contributed by atoms with Crippen molar-refractivity contribution in [1.82, 2.24) is 9.97 Å². The van der Waals surface area contributed by atoms with Gasteiger partial charge in [0.2, 0.25) is 0 Å². The SMILES string of the molecule is c1ccc2oc(Nc3cc4cc[nH]c4cn3)cc2c1. The van der Waals surface area contributed by atoms with Gasteiger partial charge < -0.3 is 14.7 Å². The first kappa shape index (κ1) is 10.2. The summed E-state index contributed by atoms with van der Waals surface area (Å²) in [6, 6.07) is 13.9. The van der Waals surface area contributed by atoms with E-state index in [-0.39, 0.29) is 0 Å². The fraction of sp³-hybridized carbons (Fsp3) is 0. The van der Waals surface area contributed by atoms with Crippen molar-refractivity contribution in [2.75, 3.05) is 5.32 Å². The van der Waals surface area contributed by atoms with Crippen molar-refractivity contribution < 1.29 is 4.42 Å². The maximum atomic E-state index is 5.71. The van der Waals surface area contributed by atoms with E-state index in [0.717, 1.165) is 27.7 Å². The van der Waals surface area contributed by atoms with E-state index in [1.807, 2.05) is 48.7 Å². The maximum Gasteiger partial charge on any atom is 0.199 e. The molecular formula is C15H11N3O. The molecule has 0 radical (unpaired) electrons. The van der Waals surface area contributed by atoms with E-state index in [4.69, 9.17) is 4.42 Å². The Morgan fingerprint density at radius 2 is 2.00 bits per heavy atom. The molecule has 92 valence electrons. The van der Waals surface area contributed by atoms with E-state index in [2.05, 4.69) is 15.3 Å². The molecule has 2 N–H and O–H groups in total. The van der Waals surface area contributed by atoms with Gasteiger partial charge in [-0.25, -0.2) is 4.98 Å². The van der Waals surface area contributed by atoms with Crippen LogP contribution in [0.1, 0.15) is 0 Å². The molecule has 4 rings (SSSR count). The highest BCUT2D eigenvalue weighted by Crippen LogP contribution is 2.25. The number of fused-ring (bicyclic) bond motifs is 2. The molecule has 0 aliphatic carbocycles. The molecule has 0 aliphatic heterocycles. The van der Waals surface area contributed by atoms with Crippen LogP contribution in [0.15, 0.2) is 59.3 Å².